The van der Waals surface area contributed by atoms with Crippen LogP contribution in [-0.2, 0) is 9.59 Å². The summed E-state index contributed by atoms with van der Waals surface area (Å²) in [7, 11) is 0. The summed E-state index contributed by atoms with van der Waals surface area (Å²) in [5, 5.41) is 3.09. The maximum atomic E-state index is 14.4. The number of nitrogens with one attached hydrogen (secondary N) is 1. The van der Waals surface area contributed by atoms with Gasteiger partial charge in [-0.3, -0.25) is 9.59 Å². The molecule has 3 aromatic carbocycles. The Morgan fingerprint density at radius 3 is 2.27 bits per heavy atom. The van der Waals surface area contributed by atoms with Gasteiger partial charge in [0.15, 0.2) is 0 Å². The lowest BCUT2D eigenvalue weighted by Gasteiger charge is -2.16. The first kappa shape index (κ1) is 19.9. The van der Waals surface area contributed by atoms with Crippen LogP contribution in [0, 0.1) is 19.7 Å². The Balaban J connectivity index is 1.76. The quantitative estimate of drug-likeness (QED) is 0.561. The molecule has 2 amide bonds. The smallest absolute Gasteiger partial charge is 0.283 e. The molecular formula is C24H19FN2O2S. The number of hydrogen-bond donors (Lipinski definition) is 1. The van der Waals surface area contributed by atoms with Crippen LogP contribution in [0.25, 0.3) is 0 Å². The van der Waals surface area contributed by atoms with Gasteiger partial charge in [-0.1, -0.05) is 53.7 Å². The molecular weight excluding hydrogens is 399 g/mol. The zero-order valence-electron chi connectivity index (χ0n) is 16.5. The molecule has 1 N–H and O–H groups in total. The Kier molecular flexibility index (Phi) is 5.42. The van der Waals surface area contributed by atoms with Gasteiger partial charge in [0.05, 0.1) is 5.69 Å². The Morgan fingerprint density at radius 2 is 1.57 bits per heavy atom. The number of imide groups is 1. The van der Waals surface area contributed by atoms with E-state index >= 15 is 0 Å². The van der Waals surface area contributed by atoms with Crippen LogP contribution >= 0.6 is 11.8 Å². The van der Waals surface area contributed by atoms with Crippen LogP contribution < -0.4 is 10.2 Å². The minimum absolute atomic E-state index is 0.0597. The van der Waals surface area contributed by atoms with E-state index in [2.05, 4.69) is 5.32 Å². The summed E-state index contributed by atoms with van der Waals surface area (Å²) in [6.07, 6.45) is 0. The number of hydrogen-bond acceptors (Lipinski definition) is 4. The molecule has 4 nitrogen and oxygen atoms in total. The molecule has 0 saturated heterocycles. The van der Waals surface area contributed by atoms with Crippen molar-refractivity contribution in [2.75, 3.05) is 10.2 Å². The SMILES string of the molecule is Cc1ccc(SC2=C(Nc3cccc(C)c3)C(=O)N(c3ccccc3F)C2=O)cc1. The summed E-state index contributed by atoms with van der Waals surface area (Å²) >= 11 is 1.19. The monoisotopic (exact) mass is 418 g/mol. The first-order valence-corrected chi connectivity index (χ1v) is 10.2. The van der Waals surface area contributed by atoms with Crippen LogP contribution in [0.3, 0.4) is 0 Å². The van der Waals surface area contributed by atoms with Crippen molar-refractivity contribution in [2.45, 2.75) is 18.7 Å². The lowest BCUT2D eigenvalue weighted by Crippen LogP contribution is -2.33. The summed E-state index contributed by atoms with van der Waals surface area (Å²) in [6, 6.07) is 20.9. The highest BCUT2D eigenvalue weighted by molar-refractivity contribution is 8.04. The van der Waals surface area contributed by atoms with Crippen LogP contribution in [0.2, 0.25) is 0 Å². The molecule has 0 saturated carbocycles. The average molecular weight is 418 g/mol. The van der Waals surface area contributed by atoms with E-state index in [1.807, 2.05) is 62.4 Å². The lowest BCUT2D eigenvalue weighted by atomic mass is 10.2. The molecule has 1 heterocycles. The lowest BCUT2D eigenvalue weighted by molar-refractivity contribution is -0.120. The fourth-order valence-corrected chi connectivity index (χ4v) is 4.08. The number of carbonyl (C=O) groups is 2. The second-order valence-corrected chi connectivity index (χ2v) is 8.09. The van der Waals surface area contributed by atoms with E-state index in [4.69, 9.17) is 0 Å². The third-order valence-corrected chi connectivity index (χ3v) is 5.75. The Labute approximate surface area is 178 Å². The van der Waals surface area contributed by atoms with Gasteiger partial charge in [-0.05, 0) is 55.8 Å². The number of aryl methyl sites for hydroxylation is 2. The fourth-order valence-electron chi connectivity index (χ4n) is 3.16. The van der Waals surface area contributed by atoms with Gasteiger partial charge in [-0.25, -0.2) is 9.29 Å². The van der Waals surface area contributed by atoms with Gasteiger partial charge in [0.25, 0.3) is 11.8 Å². The van der Waals surface area contributed by atoms with E-state index < -0.39 is 17.6 Å². The third kappa shape index (κ3) is 3.86. The second kappa shape index (κ2) is 8.16. The van der Waals surface area contributed by atoms with E-state index in [0.717, 1.165) is 20.9 Å². The number of rotatable bonds is 5. The van der Waals surface area contributed by atoms with Crippen LogP contribution in [0.1, 0.15) is 11.1 Å². The van der Waals surface area contributed by atoms with Crippen LogP contribution in [-0.4, -0.2) is 11.8 Å². The Morgan fingerprint density at radius 1 is 0.833 bits per heavy atom. The maximum Gasteiger partial charge on any atom is 0.283 e. The summed E-state index contributed by atoms with van der Waals surface area (Å²) < 4.78 is 14.4. The fraction of sp³-hybridized carbons (Fsp3) is 0.0833. The number of amides is 2. The van der Waals surface area contributed by atoms with Gasteiger partial charge >= 0.3 is 0 Å². The van der Waals surface area contributed by atoms with Crippen molar-refractivity contribution < 1.29 is 14.0 Å². The number of anilines is 2. The maximum absolute atomic E-state index is 14.4. The normalized spacial score (nSPS) is 13.9. The van der Waals surface area contributed by atoms with Crippen LogP contribution in [0.15, 0.2) is 88.3 Å². The molecule has 4 rings (SSSR count). The largest absolute Gasteiger partial charge is 0.350 e. The molecule has 0 aliphatic carbocycles. The Hall–Kier alpha value is -3.38. The molecule has 1 aliphatic heterocycles. The number of para-hydroxylation sites is 1. The molecule has 0 spiro atoms. The molecule has 3 aromatic rings. The number of halogens is 1. The molecule has 150 valence electrons. The van der Waals surface area contributed by atoms with Gasteiger partial charge in [0.1, 0.15) is 16.4 Å². The molecule has 0 fully saturated rings. The van der Waals surface area contributed by atoms with Crippen molar-refractivity contribution in [3.63, 3.8) is 0 Å². The molecule has 1 aliphatic rings. The van der Waals surface area contributed by atoms with Crippen LogP contribution in [0.5, 0.6) is 0 Å². The standard InChI is InChI=1S/C24H19FN2O2S/c1-15-10-12-18(13-11-15)30-22-21(26-17-7-5-6-16(2)14-17)23(28)27(24(22)29)20-9-4-3-8-19(20)25/h3-14,26H,1-2H3. The summed E-state index contributed by atoms with van der Waals surface area (Å²) in [5.41, 5.74) is 2.86. The highest BCUT2D eigenvalue weighted by Crippen LogP contribution is 2.38. The zero-order valence-corrected chi connectivity index (χ0v) is 17.3. The third-order valence-electron chi connectivity index (χ3n) is 4.66. The molecule has 30 heavy (non-hydrogen) atoms. The predicted octanol–water partition coefficient (Wildman–Crippen LogP) is 5.43. The first-order chi connectivity index (χ1) is 14.4. The minimum atomic E-state index is -0.629. The number of benzene rings is 3. The summed E-state index contributed by atoms with van der Waals surface area (Å²) in [6.45, 7) is 3.91. The van der Waals surface area contributed by atoms with E-state index in [1.54, 1.807) is 6.07 Å². The molecule has 6 heteroatoms. The minimum Gasteiger partial charge on any atom is -0.350 e. The van der Waals surface area contributed by atoms with E-state index in [0.29, 0.717) is 5.69 Å². The number of thioether (sulfide) groups is 1. The summed E-state index contributed by atoms with van der Waals surface area (Å²) in [5.74, 6) is -1.76. The molecule has 0 aromatic heterocycles. The van der Waals surface area contributed by atoms with Gasteiger partial charge < -0.3 is 5.32 Å². The van der Waals surface area contributed by atoms with Gasteiger partial charge in [0.2, 0.25) is 0 Å². The van der Waals surface area contributed by atoms with Crippen molar-refractivity contribution >= 4 is 35.0 Å². The van der Waals surface area contributed by atoms with Crippen molar-refractivity contribution in [3.05, 3.63) is 100 Å². The predicted molar refractivity (Wildman–Crippen MR) is 118 cm³/mol. The molecule has 0 bridgehead atoms. The molecule has 0 radical (unpaired) electrons. The van der Waals surface area contributed by atoms with E-state index in [-0.39, 0.29) is 16.3 Å². The number of carbonyl (C=O) groups excluding carboxylic acids is 2. The van der Waals surface area contributed by atoms with Crippen LogP contribution in [0.4, 0.5) is 15.8 Å². The van der Waals surface area contributed by atoms with Gasteiger partial charge in [-0.2, -0.15) is 0 Å². The van der Waals surface area contributed by atoms with Gasteiger partial charge in [0, 0.05) is 10.6 Å². The van der Waals surface area contributed by atoms with Crippen molar-refractivity contribution in [2.24, 2.45) is 0 Å². The van der Waals surface area contributed by atoms with Crippen molar-refractivity contribution in [1.82, 2.24) is 0 Å². The van der Waals surface area contributed by atoms with Gasteiger partial charge in [-0.15, -0.1) is 0 Å². The van der Waals surface area contributed by atoms with Crippen molar-refractivity contribution in [3.8, 4) is 0 Å². The molecule has 0 unspecified atom stereocenters. The Bertz CT molecular complexity index is 1170. The second-order valence-electron chi connectivity index (χ2n) is 7.01. The first-order valence-electron chi connectivity index (χ1n) is 9.40. The average Bonchev–Trinajstić information content (AvgIpc) is 2.94. The van der Waals surface area contributed by atoms with E-state index in [1.165, 1.54) is 30.0 Å². The highest BCUT2D eigenvalue weighted by Gasteiger charge is 2.41. The van der Waals surface area contributed by atoms with Crippen molar-refractivity contribution in [1.29, 1.82) is 0 Å². The highest BCUT2D eigenvalue weighted by atomic mass is 32.2. The number of nitrogens with zero attached hydrogens (tertiary/aromatic N) is 1. The zero-order chi connectivity index (χ0) is 21.3. The molecule has 0 atom stereocenters. The topological polar surface area (TPSA) is 49.4 Å². The summed E-state index contributed by atoms with van der Waals surface area (Å²) in [4.78, 5) is 28.4. The van der Waals surface area contributed by atoms with E-state index in [9.17, 15) is 14.0 Å².